The molecule has 0 aromatic carbocycles. The Kier molecular flexibility index (Phi) is 4.63. The molecule has 0 bridgehead atoms. The summed E-state index contributed by atoms with van der Waals surface area (Å²) >= 11 is 0. The first-order chi connectivity index (χ1) is 10.2. The Balaban J connectivity index is 1.79. The van der Waals surface area contributed by atoms with Gasteiger partial charge in [0.1, 0.15) is 11.6 Å². The van der Waals surface area contributed by atoms with Gasteiger partial charge < -0.3 is 20.1 Å². The average Bonchev–Trinajstić information content (AvgIpc) is 2.40. The lowest BCUT2D eigenvalue weighted by Crippen LogP contribution is -2.62. The molecule has 2 rings (SSSR count). The number of amides is 2. The Bertz CT molecular complexity index is 463. The molecule has 2 amide bonds. The summed E-state index contributed by atoms with van der Waals surface area (Å²) in [5.74, 6) is -1.31. The van der Waals surface area contributed by atoms with Crippen molar-refractivity contribution in [2.75, 3.05) is 13.1 Å². The number of carboxylic acids is 1. The molecule has 2 aliphatic rings. The van der Waals surface area contributed by atoms with Gasteiger partial charge in [-0.15, -0.1) is 0 Å². The number of ether oxygens (including phenoxy) is 1. The second-order valence-electron chi connectivity index (χ2n) is 7.08. The summed E-state index contributed by atoms with van der Waals surface area (Å²) in [7, 11) is 0. The Hall–Kier alpha value is -1.79. The van der Waals surface area contributed by atoms with Gasteiger partial charge in [-0.05, 0) is 46.0 Å². The smallest absolute Gasteiger partial charge is 0.410 e. The van der Waals surface area contributed by atoms with Crippen LogP contribution in [0, 0.1) is 11.8 Å². The van der Waals surface area contributed by atoms with E-state index in [1.165, 1.54) is 0 Å². The summed E-state index contributed by atoms with van der Waals surface area (Å²) in [5.41, 5.74) is -0.507. The predicted molar refractivity (Wildman–Crippen MR) is 78.2 cm³/mol. The molecule has 7 heteroatoms. The third-order valence-electron chi connectivity index (χ3n) is 4.16. The van der Waals surface area contributed by atoms with Gasteiger partial charge in [-0.1, -0.05) is 0 Å². The Morgan fingerprint density at radius 3 is 2.36 bits per heavy atom. The molecule has 124 valence electrons. The summed E-state index contributed by atoms with van der Waals surface area (Å²) in [5, 5.41) is 11.4. The average molecular weight is 312 g/mol. The molecule has 2 aliphatic heterocycles. The lowest BCUT2D eigenvalue weighted by molar-refractivity contribution is -0.154. The minimum atomic E-state index is -0.976. The Labute approximate surface area is 130 Å². The summed E-state index contributed by atoms with van der Waals surface area (Å²) < 4.78 is 5.34. The van der Waals surface area contributed by atoms with Gasteiger partial charge in [-0.25, -0.2) is 9.59 Å². The highest BCUT2D eigenvalue weighted by atomic mass is 16.6. The fraction of sp³-hybridized carbons (Fsp3) is 0.800. The third-order valence-corrected chi connectivity index (χ3v) is 4.16. The lowest BCUT2D eigenvalue weighted by Gasteiger charge is -2.38. The first-order valence-electron chi connectivity index (χ1n) is 7.68. The van der Waals surface area contributed by atoms with Crippen LogP contribution in [0.3, 0.4) is 0 Å². The first-order valence-corrected chi connectivity index (χ1v) is 7.68. The number of β-lactam (4-membered cyclic amide) rings is 1. The largest absolute Gasteiger partial charge is 0.480 e. The second-order valence-corrected chi connectivity index (χ2v) is 7.08. The Morgan fingerprint density at radius 1 is 1.32 bits per heavy atom. The normalized spacial score (nSPS) is 26.1. The van der Waals surface area contributed by atoms with Crippen LogP contribution in [0.2, 0.25) is 0 Å². The van der Waals surface area contributed by atoms with Crippen molar-refractivity contribution in [3.63, 3.8) is 0 Å². The molecule has 2 saturated heterocycles. The van der Waals surface area contributed by atoms with Crippen LogP contribution in [0.5, 0.6) is 0 Å². The molecule has 0 radical (unpaired) electrons. The molecule has 0 aromatic rings. The SMILES string of the molecule is CC(C)(C)OC(=O)N1CCC(C[C@H]2C(=O)N[C@@H]2C(=O)O)CC1. The number of aliphatic carboxylic acids is 1. The van der Waals surface area contributed by atoms with E-state index < -0.39 is 23.5 Å². The number of hydrogen-bond donors (Lipinski definition) is 2. The van der Waals surface area contributed by atoms with Gasteiger partial charge in [0.2, 0.25) is 5.91 Å². The van der Waals surface area contributed by atoms with Gasteiger partial charge in [-0.3, -0.25) is 4.79 Å². The quantitative estimate of drug-likeness (QED) is 0.764. The number of carbonyl (C=O) groups is 3. The van der Waals surface area contributed by atoms with Crippen molar-refractivity contribution in [3.8, 4) is 0 Å². The van der Waals surface area contributed by atoms with Crippen LogP contribution in [0.15, 0.2) is 0 Å². The zero-order valence-corrected chi connectivity index (χ0v) is 13.3. The van der Waals surface area contributed by atoms with E-state index in [-0.39, 0.29) is 17.9 Å². The number of nitrogens with one attached hydrogen (secondary N) is 1. The van der Waals surface area contributed by atoms with E-state index >= 15 is 0 Å². The minimum absolute atomic E-state index is 0.179. The fourth-order valence-corrected chi connectivity index (χ4v) is 2.93. The molecule has 22 heavy (non-hydrogen) atoms. The van der Waals surface area contributed by atoms with Crippen LogP contribution in [0.4, 0.5) is 4.79 Å². The molecule has 0 aliphatic carbocycles. The minimum Gasteiger partial charge on any atom is -0.480 e. The van der Waals surface area contributed by atoms with Crippen LogP contribution >= 0.6 is 0 Å². The maximum absolute atomic E-state index is 12.0. The molecule has 0 spiro atoms. The van der Waals surface area contributed by atoms with Crippen molar-refractivity contribution in [1.82, 2.24) is 10.2 Å². The van der Waals surface area contributed by atoms with Gasteiger partial charge in [0.25, 0.3) is 0 Å². The molecule has 2 fully saturated rings. The van der Waals surface area contributed by atoms with E-state index in [4.69, 9.17) is 9.84 Å². The number of likely N-dealkylation sites (tertiary alicyclic amines) is 1. The number of carboxylic acid groups (broad SMARTS) is 1. The number of carbonyl (C=O) groups excluding carboxylic acids is 2. The topological polar surface area (TPSA) is 95.9 Å². The van der Waals surface area contributed by atoms with Crippen molar-refractivity contribution < 1.29 is 24.2 Å². The number of nitrogens with zero attached hydrogens (tertiary/aromatic N) is 1. The number of hydrogen-bond acceptors (Lipinski definition) is 4. The molecule has 7 nitrogen and oxygen atoms in total. The van der Waals surface area contributed by atoms with Crippen molar-refractivity contribution >= 4 is 18.0 Å². The van der Waals surface area contributed by atoms with Gasteiger partial charge in [0.15, 0.2) is 0 Å². The molecular weight excluding hydrogens is 288 g/mol. The number of rotatable bonds is 3. The van der Waals surface area contributed by atoms with E-state index in [1.54, 1.807) is 4.90 Å². The van der Waals surface area contributed by atoms with Crippen LogP contribution < -0.4 is 5.32 Å². The van der Waals surface area contributed by atoms with E-state index in [1.807, 2.05) is 20.8 Å². The van der Waals surface area contributed by atoms with Crippen LogP contribution in [-0.4, -0.2) is 52.7 Å². The van der Waals surface area contributed by atoms with E-state index in [0.29, 0.717) is 19.5 Å². The Morgan fingerprint density at radius 2 is 1.91 bits per heavy atom. The van der Waals surface area contributed by atoms with Crippen molar-refractivity contribution in [2.45, 2.75) is 51.7 Å². The maximum Gasteiger partial charge on any atom is 0.410 e. The van der Waals surface area contributed by atoms with Crippen LogP contribution in [-0.2, 0) is 14.3 Å². The maximum atomic E-state index is 12.0. The molecule has 0 saturated carbocycles. The van der Waals surface area contributed by atoms with Crippen LogP contribution in [0.25, 0.3) is 0 Å². The zero-order chi connectivity index (χ0) is 16.5. The zero-order valence-electron chi connectivity index (χ0n) is 13.3. The standard InChI is InChI=1S/C15H24N2O5/c1-15(2,3)22-14(21)17-6-4-9(5-7-17)8-10-11(13(19)20)16-12(10)18/h9-11H,4-8H2,1-3H3,(H,16,18)(H,19,20)/t10-,11+/m1/s1. The fourth-order valence-electron chi connectivity index (χ4n) is 2.93. The van der Waals surface area contributed by atoms with Gasteiger partial charge >= 0.3 is 12.1 Å². The molecule has 0 unspecified atom stereocenters. The summed E-state index contributed by atoms with van der Waals surface area (Å²) in [4.78, 5) is 36.1. The summed E-state index contributed by atoms with van der Waals surface area (Å²) in [6.07, 6.45) is 1.81. The summed E-state index contributed by atoms with van der Waals surface area (Å²) in [6, 6.07) is -0.753. The van der Waals surface area contributed by atoms with Crippen molar-refractivity contribution in [2.24, 2.45) is 11.8 Å². The van der Waals surface area contributed by atoms with Gasteiger partial charge in [0, 0.05) is 13.1 Å². The molecule has 2 heterocycles. The third kappa shape index (κ3) is 3.90. The van der Waals surface area contributed by atoms with E-state index in [9.17, 15) is 14.4 Å². The van der Waals surface area contributed by atoms with E-state index in [0.717, 1.165) is 12.8 Å². The number of piperidine rings is 1. The highest BCUT2D eigenvalue weighted by Crippen LogP contribution is 2.30. The van der Waals surface area contributed by atoms with E-state index in [2.05, 4.69) is 5.32 Å². The van der Waals surface area contributed by atoms with Crippen LogP contribution in [0.1, 0.15) is 40.0 Å². The molecule has 2 atom stereocenters. The highest BCUT2D eigenvalue weighted by Gasteiger charge is 2.45. The van der Waals surface area contributed by atoms with Crippen molar-refractivity contribution in [1.29, 1.82) is 0 Å². The van der Waals surface area contributed by atoms with Gasteiger partial charge in [-0.2, -0.15) is 0 Å². The second kappa shape index (κ2) is 6.14. The molecule has 2 N–H and O–H groups in total. The monoisotopic (exact) mass is 312 g/mol. The first kappa shape index (κ1) is 16.6. The van der Waals surface area contributed by atoms with Gasteiger partial charge in [0.05, 0.1) is 5.92 Å². The molecular formula is C15H24N2O5. The lowest BCUT2D eigenvalue weighted by atomic mass is 9.79. The van der Waals surface area contributed by atoms with Crippen molar-refractivity contribution in [3.05, 3.63) is 0 Å². The highest BCUT2D eigenvalue weighted by molar-refractivity contribution is 5.96. The summed E-state index contributed by atoms with van der Waals surface area (Å²) in [6.45, 7) is 6.67. The molecule has 0 aromatic heterocycles. The predicted octanol–water partition coefficient (Wildman–Crippen LogP) is 1.22.